The summed E-state index contributed by atoms with van der Waals surface area (Å²) in [6.45, 7) is 2.62. The minimum Gasteiger partial charge on any atom is -0.500 e. The molecule has 0 bridgehead atoms. The number of nitrogens with zero attached hydrogens (tertiary/aromatic N) is 1. The molecule has 0 radical (unpaired) electrons. The van der Waals surface area contributed by atoms with Gasteiger partial charge in [0.15, 0.2) is 5.75 Å². The summed E-state index contributed by atoms with van der Waals surface area (Å²) in [4.78, 5) is 25.2. The number of amides is 1. The maximum Gasteiger partial charge on any atom is 0.297 e. The fourth-order valence-electron chi connectivity index (χ4n) is 3.40. The van der Waals surface area contributed by atoms with Crippen molar-refractivity contribution in [3.8, 4) is 11.5 Å². The highest BCUT2D eigenvalue weighted by Crippen LogP contribution is 2.33. The van der Waals surface area contributed by atoms with E-state index in [-0.39, 0.29) is 11.7 Å². The van der Waals surface area contributed by atoms with Crippen molar-refractivity contribution in [1.29, 1.82) is 0 Å². The van der Waals surface area contributed by atoms with Gasteiger partial charge in [-0.05, 0) is 36.8 Å². The van der Waals surface area contributed by atoms with Crippen molar-refractivity contribution in [3.05, 3.63) is 64.4 Å². The zero-order valence-electron chi connectivity index (χ0n) is 16.8. The number of carbonyl (C=O) groups is 1. The van der Waals surface area contributed by atoms with Gasteiger partial charge < -0.3 is 19.7 Å². The molecular weight excluding hydrogens is 368 g/mol. The zero-order chi connectivity index (χ0) is 20.8. The van der Waals surface area contributed by atoms with Crippen LogP contribution in [0.5, 0.6) is 11.5 Å². The monoisotopic (exact) mass is 394 g/mol. The average molecular weight is 394 g/mol. The molecule has 29 heavy (non-hydrogen) atoms. The van der Waals surface area contributed by atoms with Crippen LogP contribution in [0.15, 0.2) is 53.3 Å². The second-order valence-corrected chi connectivity index (χ2v) is 6.95. The molecule has 1 amide bonds. The normalized spacial score (nSPS) is 10.8. The summed E-state index contributed by atoms with van der Waals surface area (Å²) in [5.41, 5.74) is 1.25. The molecule has 0 saturated heterocycles. The lowest BCUT2D eigenvalue weighted by Gasteiger charge is -2.16. The Balaban J connectivity index is 2.01. The third kappa shape index (κ3) is 4.42. The minimum atomic E-state index is -0.489. The molecule has 0 aliphatic carbocycles. The van der Waals surface area contributed by atoms with E-state index in [0.29, 0.717) is 28.7 Å². The van der Waals surface area contributed by atoms with Crippen LogP contribution in [0, 0.1) is 0 Å². The maximum absolute atomic E-state index is 12.7. The van der Waals surface area contributed by atoms with Gasteiger partial charge in [0.05, 0.1) is 12.6 Å². The highest BCUT2D eigenvalue weighted by molar-refractivity contribution is 6.05. The first-order chi connectivity index (χ1) is 14.1. The van der Waals surface area contributed by atoms with Gasteiger partial charge in [-0.1, -0.05) is 44.4 Å². The lowest BCUT2D eigenvalue weighted by molar-refractivity contribution is 0.102. The van der Waals surface area contributed by atoms with Crippen molar-refractivity contribution >= 4 is 22.5 Å². The number of ether oxygens (including phenoxy) is 1. The molecule has 0 fully saturated rings. The van der Waals surface area contributed by atoms with E-state index in [1.165, 1.54) is 7.11 Å². The number of methoxy groups -OCH3 is 1. The number of hydrogen-bond donors (Lipinski definition) is 2. The van der Waals surface area contributed by atoms with Gasteiger partial charge in [0.2, 0.25) is 5.75 Å². The zero-order valence-corrected chi connectivity index (χ0v) is 16.8. The smallest absolute Gasteiger partial charge is 0.297 e. The number of aryl methyl sites for hydroxylation is 1. The predicted octanol–water partition coefficient (Wildman–Crippen LogP) is 4.55. The highest BCUT2D eigenvalue weighted by atomic mass is 16.5. The van der Waals surface area contributed by atoms with Gasteiger partial charge in [-0.15, -0.1) is 0 Å². The van der Waals surface area contributed by atoms with E-state index >= 15 is 0 Å². The van der Waals surface area contributed by atoms with E-state index in [0.717, 1.165) is 25.7 Å². The van der Waals surface area contributed by atoms with Crippen LogP contribution in [0.4, 0.5) is 5.69 Å². The molecule has 0 spiro atoms. The van der Waals surface area contributed by atoms with Crippen molar-refractivity contribution in [2.75, 3.05) is 12.4 Å². The Morgan fingerprint density at radius 1 is 1.10 bits per heavy atom. The van der Waals surface area contributed by atoms with Crippen LogP contribution in [-0.4, -0.2) is 22.7 Å². The summed E-state index contributed by atoms with van der Waals surface area (Å²) in [5.74, 6) is -0.472. The minimum absolute atomic E-state index is 0.149. The number of nitrogens with one attached hydrogen (secondary N) is 1. The van der Waals surface area contributed by atoms with E-state index < -0.39 is 11.3 Å². The maximum atomic E-state index is 12.7. The third-order valence-corrected chi connectivity index (χ3v) is 4.93. The van der Waals surface area contributed by atoms with Crippen LogP contribution in [0.25, 0.3) is 10.9 Å². The topological polar surface area (TPSA) is 80.6 Å². The lowest BCUT2D eigenvalue weighted by Crippen LogP contribution is -2.21. The Hall–Kier alpha value is -3.28. The van der Waals surface area contributed by atoms with Crippen molar-refractivity contribution in [2.24, 2.45) is 0 Å². The number of aromatic nitrogens is 1. The molecule has 2 aromatic carbocycles. The summed E-state index contributed by atoms with van der Waals surface area (Å²) >= 11 is 0. The Bertz CT molecular complexity index is 1060. The number of benzene rings is 2. The third-order valence-electron chi connectivity index (χ3n) is 4.93. The number of hydrogen-bond acceptors (Lipinski definition) is 4. The van der Waals surface area contributed by atoms with Gasteiger partial charge in [-0.25, -0.2) is 0 Å². The average Bonchev–Trinajstić information content (AvgIpc) is 2.74. The van der Waals surface area contributed by atoms with E-state index in [4.69, 9.17) is 4.74 Å². The Morgan fingerprint density at radius 2 is 1.86 bits per heavy atom. The first kappa shape index (κ1) is 20.5. The molecule has 0 unspecified atom stereocenters. The van der Waals surface area contributed by atoms with Gasteiger partial charge in [-0.2, -0.15) is 0 Å². The van der Waals surface area contributed by atoms with E-state index in [9.17, 15) is 14.7 Å². The summed E-state index contributed by atoms with van der Waals surface area (Å²) in [6, 6.07) is 14.2. The second-order valence-electron chi connectivity index (χ2n) is 6.95. The molecule has 0 aliphatic heterocycles. The van der Waals surface area contributed by atoms with Gasteiger partial charge in [-0.3, -0.25) is 9.59 Å². The molecule has 0 aliphatic rings. The van der Waals surface area contributed by atoms with E-state index in [1.807, 2.05) is 6.07 Å². The molecule has 1 heterocycles. The van der Waals surface area contributed by atoms with Crippen LogP contribution < -0.4 is 15.6 Å². The van der Waals surface area contributed by atoms with Crippen LogP contribution in [0.1, 0.15) is 43.0 Å². The Kier molecular flexibility index (Phi) is 6.54. The summed E-state index contributed by atoms with van der Waals surface area (Å²) in [6.07, 6.45) is 4.02. The van der Waals surface area contributed by atoms with Crippen molar-refractivity contribution in [1.82, 2.24) is 4.57 Å². The largest absolute Gasteiger partial charge is 0.500 e. The van der Waals surface area contributed by atoms with Crippen molar-refractivity contribution in [2.45, 2.75) is 39.2 Å². The fourth-order valence-corrected chi connectivity index (χ4v) is 3.40. The van der Waals surface area contributed by atoms with Crippen LogP contribution in [-0.2, 0) is 6.54 Å². The number of rotatable bonds is 8. The van der Waals surface area contributed by atoms with E-state index in [2.05, 4.69) is 12.2 Å². The van der Waals surface area contributed by atoms with Gasteiger partial charge >= 0.3 is 0 Å². The van der Waals surface area contributed by atoms with Gasteiger partial charge in [0, 0.05) is 23.2 Å². The Morgan fingerprint density at radius 3 is 2.55 bits per heavy atom. The molecule has 152 valence electrons. The van der Waals surface area contributed by atoms with Crippen LogP contribution >= 0.6 is 0 Å². The molecule has 3 aromatic rings. The summed E-state index contributed by atoms with van der Waals surface area (Å²) in [5, 5.41) is 13.8. The molecule has 6 heteroatoms. The number of carbonyl (C=O) groups excluding carboxylic acids is 1. The van der Waals surface area contributed by atoms with Gasteiger partial charge in [0.25, 0.3) is 11.5 Å². The highest BCUT2D eigenvalue weighted by Gasteiger charge is 2.17. The van der Waals surface area contributed by atoms with Crippen LogP contribution in [0.3, 0.4) is 0 Å². The van der Waals surface area contributed by atoms with Gasteiger partial charge in [0.1, 0.15) is 0 Å². The lowest BCUT2D eigenvalue weighted by atomic mass is 10.1. The number of unbranched alkanes of at least 4 members (excludes halogenated alkanes) is 3. The quantitative estimate of drug-likeness (QED) is 0.549. The predicted molar refractivity (Wildman–Crippen MR) is 115 cm³/mol. The fraction of sp³-hybridized carbons (Fsp3) is 0.304. The second kappa shape index (κ2) is 9.28. The van der Waals surface area contributed by atoms with Crippen molar-refractivity contribution in [3.63, 3.8) is 0 Å². The first-order valence-corrected chi connectivity index (χ1v) is 9.86. The van der Waals surface area contributed by atoms with E-state index in [1.54, 1.807) is 47.0 Å². The van der Waals surface area contributed by atoms with Crippen LogP contribution in [0.2, 0.25) is 0 Å². The van der Waals surface area contributed by atoms with Crippen molar-refractivity contribution < 1.29 is 14.6 Å². The number of fused-ring (bicyclic) bond motifs is 1. The SMILES string of the molecule is CCCCCCn1c(=O)c(O)c(OC)c2ccc(NC(=O)c3ccccc3)cc21. The molecular formula is C23H26N2O4. The Labute approximate surface area is 169 Å². The number of aromatic hydroxyl groups is 1. The standard InChI is InChI=1S/C23H26N2O4/c1-3-4-5-9-14-25-19-15-17(24-22(27)16-10-7-6-8-11-16)12-13-18(19)21(29-2)20(26)23(25)28/h6-8,10-13,15,26H,3-5,9,14H2,1-2H3,(H,24,27). The first-order valence-electron chi connectivity index (χ1n) is 9.86. The summed E-state index contributed by atoms with van der Waals surface area (Å²) in [7, 11) is 1.42. The number of anilines is 1. The summed E-state index contributed by atoms with van der Waals surface area (Å²) < 4.78 is 6.83. The molecule has 6 nitrogen and oxygen atoms in total. The molecule has 3 rings (SSSR count). The molecule has 0 saturated carbocycles. The molecule has 2 N–H and O–H groups in total. The molecule has 0 atom stereocenters. The number of pyridine rings is 1. The molecule has 1 aromatic heterocycles.